The molecule has 1 saturated heterocycles. The van der Waals surface area contributed by atoms with Gasteiger partial charge in [-0.1, -0.05) is 12.1 Å². The average molecular weight is 421 g/mol. The van der Waals surface area contributed by atoms with Gasteiger partial charge in [0.15, 0.2) is 0 Å². The lowest BCUT2D eigenvalue weighted by molar-refractivity contribution is -0.142. The summed E-state index contributed by atoms with van der Waals surface area (Å²) in [6.07, 6.45) is -0.842. The first-order chi connectivity index (χ1) is 14.2. The van der Waals surface area contributed by atoms with E-state index in [-0.39, 0.29) is 25.5 Å². The van der Waals surface area contributed by atoms with Crippen molar-refractivity contribution in [3.8, 4) is 0 Å². The molecule has 0 saturated carbocycles. The number of nitrogens with two attached hydrogens (primary N) is 1. The molecule has 1 aromatic carbocycles. The molecular formula is C18H23N5O7. The molecule has 0 aromatic heterocycles. The van der Waals surface area contributed by atoms with Gasteiger partial charge in [0.05, 0.1) is 19.5 Å². The van der Waals surface area contributed by atoms with Crippen molar-refractivity contribution in [3.63, 3.8) is 0 Å². The summed E-state index contributed by atoms with van der Waals surface area (Å²) in [7, 11) is 1.20. The maximum Gasteiger partial charge on any atom is 0.408 e. The molecule has 1 aliphatic rings. The second-order valence-corrected chi connectivity index (χ2v) is 6.33. The fourth-order valence-electron chi connectivity index (χ4n) is 2.70. The average Bonchev–Trinajstić information content (AvgIpc) is 3.00. The highest BCUT2D eigenvalue weighted by molar-refractivity contribution is 6.08. The molecule has 1 atom stereocenters. The largest absolute Gasteiger partial charge is 0.467 e. The quantitative estimate of drug-likeness (QED) is 0.458. The third-order valence-corrected chi connectivity index (χ3v) is 4.15. The number of esters is 1. The van der Waals surface area contributed by atoms with Crippen LogP contribution >= 0.6 is 0 Å². The van der Waals surface area contributed by atoms with Gasteiger partial charge in [-0.2, -0.15) is 5.01 Å². The van der Waals surface area contributed by atoms with Gasteiger partial charge in [0, 0.05) is 6.92 Å². The van der Waals surface area contributed by atoms with Crippen LogP contribution in [0, 0.1) is 0 Å². The Morgan fingerprint density at radius 1 is 1.30 bits per heavy atom. The van der Waals surface area contributed by atoms with Gasteiger partial charge >= 0.3 is 18.1 Å². The summed E-state index contributed by atoms with van der Waals surface area (Å²) in [5.41, 5.74) is 6.17. The van der Waals surface area contributed by atoms with E-state index in [0.29, 0.717) is 5.56 Å². The van der Waals surface area contributed by atoms with Crippen molar-refractivity contribution >= 4 is 35.6 Å². The molecule has 1 fully saturated rings. The molecule has 0 aliphatic carbocycles. The van der Waals surface area contributed by atoms with Crippen LogP contribution in [0.3, 0.4) is 0 Å². The number of carbonyl (C=O) groups excluding carboxylic acids is 5. The molecule has 0 spiro atoms. The van der Waals surface area contributed by atoms with E-state index < -0.39 is 35.9 Å². The predicted molar refractivity (Wildman–Crippen MR) is 102 cm³/mol. The van der Waals surface area contributed by atoms with Crippen LogP contribution in [-0.4, -0.2) is 66.2 Å². The molecule has 1 heterocycles. The van der Waals surface area contributed by atoms with Crippen molar-refractivity contribution < 1.29 is 33.4 Å². The number of hydrogen-bond donors (Lipinski definition) is 2. The highest BCUT2D eigenvalue weighted by Gasteiger charge is 2.41. The van der Waals surface area contributed by atoms with Gasteiger partial charge in [0.1, 0.15) is 19.2 Å². The monoisotopic (exact) mass is 421 g/mol. The van der Waals surface area contributed by atoms with E-state index in [4.69, 9.17) is 10.5 Å². The van der Waals surface area contributed by atoms with E-state index >= 15 is 0 Å². The summed E-state index contributed by atoms with van der Waals surface area (Å²) < 4.78 is 9.56. The molecule has 1 aromatic rings. The minimum Gasteiger partial charge on any atom is -0.467 e. The molecule has 0 radical (unpaired) electrons. The summed E-state index contributed by atoms with van der Waals surface area (Å²) in [6.45, 7) is 2.06. The molecule has 162 valence electrons. The number of alkyl carbamates (subject to hydrolysis) is 1. The fourth-order valence-corrected chi connectivity index (χ4v) is 2.70. The van der Waals surface area contributed by atoms with Gasteiger partial charge < -0.3 is 25.4 Å². The molecule has 12 nitrogen and oxygen atoms in total. The van der Waals surface area contributed by atoms with Crippen LogP contribution in [0.4, 0.5) is 15.3 Å². The summed E-state index contributed by atoms with van der Waals surface area (Å²) in [5.74, 6) is -1.80. The number of benzene rings is 1. The minimum absolute atomic E-state index is 0.167. The van der Waals surface area contributed by atoms with E-state index in [2.05, 4.69) is 10.1 Å². The van der Waals surface area contributed by atoms with E-state index in [1.165, 1.54) is 33.1 Å². The van der Waals surface area contributed by atoms with Gasteiger partial charge in [0.25, 0.3) is 5.91 Å². The Kier molecular flexibility index (Phi) is 7.31. The lowest BCUT2D eigenvalue weighted by Gasteiger charge is -2.29. The van der Waals surface area contributed by atoms with Crippen molar-refractivity contribution in [2.75, 3.05) is 25.3 Å². The second-order valence-electron chi connectivity index (χ2n) is 6.33. The molecular weight excluding hydrogens is 398 g/mol. The van der Waals surface area contributed by atoms with Crippen LogP contribution in [0.5, 0.6) is 0 Å². The minimum atomic E-state index is -0.889. The first kappa shape index (κ1) is 22.6. The van der Waals surface area contributed by atoms with Crippen LogP contribution in [0.15, 0.2) is 24.3 Å². The summed E-state index contributed by atoms with van der Waals surface area (Å²) in [6, 6.07) is 4.61. The van der Waals surface area contributed by atoms with Gasteiger partial charge in [-0.15, -0.1) is 0 Å². The maximum absolute atomic E-state index is 12.4. The zero-order chi connectivity index (χ0) is 22.4. The van der Waals surface area contributed by atoms with Gasteiger partial charge in [-0.25, -0.2) is 19.4 Å². The lowest BCUT2D eigenvalue weighted by Crippen LogP contribution is -2.50. The van der Waals surface area contributed by atoms with Crippen LogP contribution in [-0.2, 0) is 30.5 Å². The molecule has 30 heavy (non-hydrogen) atoms. The molecule has 2 rings (SSSR count). The van der Waals surface area contributed by atoms with Gasteiger partial charge in [-0.3, -0.25) is 9.59 Å². The number of rotatable bonds is 7. The van der Waals surface area contributed by atoms with E-state index in [1.54, 1.807) is 12.1 Å². The summed E-state index contributed by atoms with van der Waals surface area (Å²) in [5, 5.41) is 3.96. The first-order valence-corrected chi connectivity index (χ1v) is 8.92. The van der Waals surface area contributed by atoms with Crippen molar-refractivity contribution in [2.45, 2.75) is 26.5 Å². The van der Waals surface area contributed by atoms with Gasteiger partial charge in [0.2, 0.25) is 5.91 Å². The Labute approximate surface area is 172 Å². The Morgan fingerprint density at radius 2 is 2.00 bits per heavy atom. The third-order valence-electron chi connectivity index (χ3n) is 4.15. The highest BCUT2D eigenvalue weighted by Crippen LogP contribution is 2.23. The molecule has 0 bridgehead atoms. The van der Waals surface area contributed by atoms with Crippen molar-refractivity contribution in [3.05, 3.63) is 29.8 Å². The standard InChI is InChI=1S/C18H23N5O7/c1-11(16(26)29-3)20-17(27)30-9-13-5-4-6-14(7-13)22(12(2)24)23-15(25)8-21(10-19)18(23)28/h4-7,11H,8-10,19H2,1-3H3,(H,20,27). The number of nitrogens with zero attached hydrogens (tertiary/aromatic N) is 3. The molecule has 12 heteroatoms. The van der Waals surface area contributed by atoms with Crippen molar-refractivity contribution in [1.29, 1.82) is 0 Å². The summed E-state index contributed by atoms with van der Waals surface area (Å²) in [4.78, 5) is 61.1. The molecule has 3 N–H and O–H groups in total. The first-order valence-electron chi connectivity index (χ1n) is 8.92. The number of nitrogens with one attached hydrogen (secondary N) is 1. The number of methoxy groups -OCH3 is 1. The number of hydrogen-bond acceptors (Lipinski definition) is 8. The number of imide groups is 1. The van der Waals surface area contributed by atoms with Crippen molar-refractivity contribution in [1.82, 2.24) is 15.2 Å². The number of carbonyl (C=O) groups is 5. The van der Waals surface area contributed by atoms with E-state index in [0.717, 1.165) is 14.9 Å². The number of ether oxygens (including phenoxy) is 2. The number of urea groups is 1. The van der Waals surface area contributed by atoms with Gasteiger partial charge in [-0.05, 0) is 24.6 Å². The van der Waals surface area contributed by atoms with E-state index in [9.17, 15) is 24.0 Å². The van der Waals surface area contributed by atoms with E-state index in [1.807, 2.05) is 0 Å². The SMILES string of the molecule is COC(=O)C(C)NC(=O)OCc1cccc(N(C(C)=O)N2C(=O)CN(CN)C2=O)c1. The zero-order valence-corrected chi connectivity index (χ0v) is 16.8. The van der Waals surface area contributed by atoms with Crippen LogP contribution < -0.4 is 16.1 Å². The maximum atomic E-state index is 12.4. The number of anilines is 1. The van der Waals surface area contributed by atoms with Crippen LogP contribution in [0.2, 0.25) is 0 Å². The predicted octanol–water partition coefficient (Wildman–Crippen LogP) is -0.0774. The topological polar surface area (TPSA) is 152 Å². The Balaban J connectivity index is 2.13. The zero-order valence-electron chi connectivity index (χ0n) is 16.8. The smallest absolute Gasteiger partial charge is 0.408 e. The highest BCUT2D eigenvalue weighted by atomic mass is 16.6. The summed E-state index contributed by atoms with van der Waals surface area (Å²) >= 11 is 0. The Bertz CT molecular complexity index is 859. The number of amides is 5. The Hall–Kier alpha value is -3.67. The van der Waals surface area contributed by atoms with Crippen LogP contribution in [0.1, 0.15) is 19.4 Å². The molecule has 5 amide bonds. The second kappa shape index (κ2) is 9.69. The normalized spacial score (nSPS) is 14.4. The Morgan fingerprint density at radius 3 is 2.57 bits per heavy atom. The molecule has 1 unspecified atom stereocenters. The molecule has 1 aliphatic heterocycles. The lowest BCUT2D eigenvalue weighted by atomic mass is 10.2. The number of hydrazine groups is 1. The fraction of sp³-hybridized carbons (Fsp3) is 0.389. The van der Waals surface area contributed by atoms with Crippen molar-refractivity contribution in [2.24, 2.45) is 5.73 Å². The third kappa shape index (κ3) is 5.03. The van der Waals surface area contributed by atoms with Crippen LogP contribution in [0.25, 0.3) is 0 Å².